The van der Waals surface area contributed by atoms with Gasteiger partial charge in [0.15, 0.2) is 4.32 Å². The van der Waals surface area contributed by atoms with Crippen molar-refractivity contribution < 1.29 is 0 Å². The fourth-order valence-electron chi connectivity index (χ4n) is 2.20. The zero-order valence-electron chi connectivity index (χ0n) is 8.35. The van der Waals surface area contributed by atoms with Gasteiger partial charge in [0.1, 0.15) is 0 Å². The second-order valence-electron chi connectivity index (χ2n) is 3.89. The van der Waals surface area contributed by atoms with Crippen molar-refractivity contribution in [2.45, 2.75) is 25.7 Å². The van der Waals surface area contributed by atoms with E-state index in [2.05, 4.69) is 27.8 Å². The van der Waals surface area contributed by atoms with Crippen molar-refractivity contribution in [3.05, 3.63) is 0 Å². The first-order chi connectivity index (χ1) is 6.79. The summed E-state index contributed by atoms with van der Waals surface area (Å²) in [7, 11) is 0. The van der Waals surface area contributed by atoms with Crippen LogP contribution < -0.4 is 0 Å². The summed E-state index contributed by atoms with van der Waals surface area (Å²) >= 11 is 9.51. The lowest BCUT2D eigenvalue weighted by atomic mass is 10.4. The van der Waals surface area contributed by atoms with Gasteiger partial charge in [-0.15, -0.1) is 12.6 Å². The van der Waals surface area contributed by atoms with Crippen LogP contribution in [0.5, 0.6) is 0 Å². The van der Waals surface area contributed by atoms with Crippen molar-refractivity contribution in [3.8, 4) is 0 Å². The van der Waals surface area contributed by atoms with Gasteiger partial charge in [0.05, 0.1) is 0 Å². The summed E-state index contributed by atoms with van der Waals surface area (Å²) in [5.41, 5.74) is 0. The number of thiocarbonyl (C=S) groups is 1. The lowest BCUT2D eigenvalue weighted by Gasteiger charge is -2.38. The predicted molar refractivity (Wildman–Crippen MR) is 65.0 cm³/mol. The summed E-state index contributed by atoms with van der Waals surface area (Å²) in [6.45, 7) is 4.49. The molecule has 2 aliphatic heterocycles. The number of nitrogens with zero attached hydrogens (tertiary/aromatic N) is 3. The molecule has 0 atom stereocenters. The maximum atomic E-state index is 5.20. The van der Waals surface area contributed by atoms with Crippen molar-refractivity contribution >= 4 is 29.2 Å². The van der Waals surface area contributed by atoms with Gasteiger partial charge in [-0.1, -0.05) is 0 Å². The summed E-state index contributed by atoms with van der Waals surface area (Å²) in [6.07, 6.45) is 5.11. The predicted octanol–water partition coefficient (Wildman–Crippen LogP) is 1.52. The van der Waals surface area contributed by atoms with E-state index in [1.165, 1.54) is 25.7 Å². The standard InChI is InChI=1S/C9H17N3S2/c13-9(14)12(10-5-1-2-6-10)11-7-3-4-8-11/h1-8H2,(H,13,14). The second-order valence-corrected chi connectivity index (χ2v) is 5.01. The Morgan fingerprint density at radius 2 is 1.29 bits per heavy atom. The maximum absolute atomic E-state index is 5.20. The average molecular weight is 231 g/mol. The number of thiol groups is 1. The van der Waals surface area contributed by atoms with Gasteiger partial charge in [0.25, 0.3) is 0 Å². The van der Waals surface area contributed by atoms with Gasteiger partial charge in [-0.05, 0) is 37.9 Å². The second kappa shape index (κ2) is 4.79. The van der Waals surface area contributed by atoms with Gasteiger partial charge >= 0.3 is 0 Å². The molecule has 0 saturated carbocycles. The number of hydrazine groups is 2. The summed E-state index contributed by atoms with van der Waals surface area (Å²) in [6, 6.07) is 0. The van der Waals surface area contributed by atoms with Crippen LogP contribution in [-0.2, 0) is 0 Å². The zero-order chi connectivity index (χ0) is 9.97. The lowest BCUT2D eigenvalue weighted by Crippen LogP contribution is -2.52. The highest BCUT2D eigenvalue weighted by Crippen LogP contribution is 2.19. The molecule has 0 aliphatic carbocycles. The van der Waals surface area contributed by atoms with E-state index in [1.54, 1.807) is 0 Å². The van der Waals surface area contributed by atoms with Gasteiger partial charge in [0, 0.05) is 26.2 Å². The van der Waals surface area contributed by atoms with Gasteiger partial charge in [-0.25, -0.2) is 15.1 Å². The van der Waals surface area contributed by atoms with Crippen molar-refractivity contribution in [2.75, 3.05) is 26.2 Å². The van der Waals surface area contributed by atoms with E-state index < -0.39 is 0 Å². The van der Waals surface area contributed by atoms with Crippen LogP contribution >= 0.6 is 24.8 Å². The minimum Gasteiger partial charge on any atom is -0.219 e. The fraction of sp³-hybridized carbons (Fsp3) is 0.889. The molecule has 2 saturated heterocycles. The molecule has 3 nitrogen and oxygen atoms in total. The van der Waals surface area contributed by atoms with E-state index in [0.717, 1.165) is 26.2 Å². The first-order valence-corrected chi connectivity index (χ1v) is 6.17. The van der Waals surface area contributed by atoms with Crippen molar-refractivity contribution in [1.82, 2.24) is 15.1 Å². The van der Waals surface area contributed by atoms with Crippen LogP contribution in [0.15, 0.2) is 0 Å². The van der Waals surface area contributed by atoms with Crippen LogP contribution in [-0.4, -0.2) is 45.6 Å². The van der Waals surface area contributed by atoms with Crippen LogP contribution in [0.1, 0.15) is 25.7 Å². The third-order valence-electron chi connectivity index (χ3n) is 2.87. The average Bonchev–Trinajstić information content (AvgIpc) is 2.75. The topological polar surface area (TPSA) is 9.72 Å². The monoisotopic (exact) mass is 231 g/mol. The smallest absolute Gasteiger partial charge is 0.164 e. The number of rotatable bonds is 2. The molecule has 80 valence electrons. The molecule has 0 aromatic heterocycles. The van der Waals surface area contributed by atoms with Gasteiger partial charge in [-0.2, -0.15) is 0 Å². The number of hydrogen-bond donors (Lipinski definition) is 1. The van der Waals surface area contributed by atoms with E-state index in [0.29, 0.717) is 4.32 Å². The minimum atomic E-state index is 0.689. The van der Waals surface area contributed by atoms with Gasteiger partial charge in [-0.3, -0.25) is 0 Å². The van der Waals surface area contributed by atoms with E-state index in [-0.39, 0.29) is 0 Å². The van der Waals surface area contributed by atoms with Crippen LogP contribution in [0.25, 0.3) is 0 Å². The summed E-state index contributed by atoms with van der Waals surface area (Å²) in [4.78, 5) is 0. The fourth-order valence-corrected chi connectivity index (χ4v) is 2.68. The maximum Gasteiger partial charge on any atom is 0.164 e. The molecule has 0 aromatic rings. The third-order valence-corrected chi connectivity index (χ3v) is 3.21. The quantitative estimate of drug-likeness (QED) is 0.570. The van der Waals surface area contributed by atoms with Crippen molar-refractivity contribution in [1.29, 1.82) is 0 Å². The van der Waals surface area contributed by atoms with E-state index in [1.807, 2.05) is 0 Å². The van der Waals surface area contributed by atoms with E-state index in [9.17, 15) is 0 Å². The molecule has 0 radical (unpaired) electrons. The first kappa shape index (κ1) is 10.7. The highest BCUT2D eigenvalue weighted by atomic mass is 32.1. The third kappa shape index (κ3) is 2.21. The molecule has 2 aliphatic rings. The Hall–Kier alpha value is 0.160. The normalized spacial score (nSPS) is 24.4. The minimum absolute atomic E-state index is 0.689. The molecule has 0 bridgehead atoms. The molecular weight excluding hydrogens is 214 g/mol. The Balaban J connectivity index is 2.02. The zero-order valence-corrected chi connectivity index (χ0v) is 10.1. The van der Waals surface area contributed by atoms with Crippen LogP contribution in [0.3, 0.4) is 0 Å². The number of hydrogen-bond acceptors (Lipinski definition) is 3. The molecule has 5 heteroatoms. The SMILES string of the molecule is S=C(S)N(N1CCCC1)N1CCCC1. The van der Waals surface area contributed by atoms with Crippen molar-refractivity contribution in [2.24, 2.45) is 0 Å². The molecule has 2 rings (SSSR count). The molecule has 14 heavy (non-hydrogen) atoms. The van der Waals surface area contributed by atoms with Gasteiger partial charge in [0.2, 0.25) is 0 Å². The Morgan fingerprint density at radius 1 is 0.929 bits per heavy atom. The molecule has 2 fully saturated rings. The highest BCUT2D eigenvalue weighted by Gasteiger charge is 2.27. The Labute approximate surface area is 96.4 Å². The Kier molecular flexibility index (Phi) is 3.65. The largest absolute Gasteiger partial charge is 0.219 e. The lowest BCUT2D eigenvalue weighted by molar-refractivity contribution is -0.0939. The van der Waals surface area contributed by atoms with Crippen LogP contribution in [0.4, 0.5) is 0 Å². The Bertz CT molecular complexity index is 194. The molecule has 0 N–H and O–H groups in total. The summed E-state index contributed by atoms with van der Waals surface area (Å²) in [5.74, 6) is 0. The molecule has 0 amide bonds. The summed E-state index contributed by atoms with van der Waals surface area (Å²) in [5, 5.41) is 6.75. The molecule has 0 spiro atoms. The highest BCUT2D eigenvalue weighted by molar-refractivity contribution is 8.10. The van der Waals surface area contributed by atoms with Crippen LogP contribution in [0.2, 0.25) is 0 Å². The molecular formula is C9H17N3S2. The first-order valence-electron chi connectivity index (χ1n) is 5.32. The van der Waals surface area contributed by atoms with Crippen LogP contribution in [0, 0.1) is 0 Å². The Morgan fingerprint density at radius 3 is 1.57 bits per heavy atom. The van der Waals surface area contributed by atoms with E-state index in [4.69, 9.17) is 12.2 Å². The molecule has 2 heterocycles. The van der Waals surface area contributed by atoms with Gasteiger partial charge < -0.3 is 0 Å². The molecule has 0 aromatic carbocycles. The molecule has 0 unspecified atom stereocenters. The summed E-state index contributed by atoms with van der Waals surface area (Å²) < 4.78 is 0.689. The van der Waals surface area contributed by atoms with Crippen molar-refractivity contribution in [3.63, 3.8) is 0 Å². The van der Waals surface area contributed by atoms with E-state index >= 15 is 0 Å².